The van der Waals surface area contributed by atoms with Crippen LogP contribution in [0, 0.1) is 0 Å². The van der Waals surface area contributed by atoms with Crippen molar-refractivity contribution in [2.75, 3.05) is 12.3 Å². The van der Waals surface area contributed by atoms with E-state index >= 15 is 0 Å². The highest BCUT2D eigenvalue weighted by molar-refractivity contribution is 9.10. The molecule has 0 radical (unpaired) electrons. The Labute approximate surface area is 97.7 Å². The number of hydrogen-bond donors (Lipinski definition) is 1. The first-order valence-electron chi connectivity index (χ1n) is 4.78. The van der Waals surface area contributed by atoms with Gasteiger partial charge in [-0.05, 0) is 41.4 Å². The minimum atomic E-state index is -0.303. The van der Waals surface area contributed by atoms with Crippen LogP contribution in [0.2, 0.25) is 0 Å². The number of hydrogen-bond acceptors (Lipinski definition) is 3. The Morgan fingerprint density at radius 3 is 2.87 bits per heavy atom. The summed E-state index contributed by atoms with van der Waals surface area (Å²) in [6.45, 7) is 3.99. The Morgan fingerprint density at radius 2 is 2.27 bits per heavy atom. The number of nitrogen functional groups attached to an aromatic ring is 1. The number of halogens is 1. The fraction of sp³-hybridized carbons (Fsp3) is 0.364. The second-order valence-corrected chi connectivity index (χ2v) is 4.02. The van der Waals surface area contributed by atoms with E-state index in [1.54, 1.807) is 19.9 Å². The molecule has 2 N–H and O–H groups in total. The van der Waals surface area contributed by atoms with Gasteiger partial charge < -0.3 is 10.5 Å². The third kappa shape index (κ3) is 2.72. The second-order valence-electron chi connectivity index (χ2n) is 3.22. The number of esters is 1. The van der Waals surface area contributed by atoms with E-state index in [1.807, 2.05) is 12.1 Å². The molecule has 0 aliphatic carbocycles. The molecule has 3 nitrogen and oxygen atoms in total. The number of anilines is 1. The molecule has 0 aromatic heterocycles. The van der Waals surface area contributed by atoms with Crippen molar-refractivity contribution >= 4 is 27.6 Å². The van der Waals surface area contributed by atoms with E-state index in [4.69, 9.17) is 10.5 Å². The summed E-state index contributed by atoms with van der Waals surface area (Å²) in [6.07, 6.45) is 0. The van der Waals surface area contributed by atoms with Crippen molar-refractivity contribution in [2.45, 2.75) is 19.8 Å². The maximum atomic E-state index is 11.5. The Balaban J connectivity index is 2.96. The lowest BCUT2D eigenvalue weighted by atomic mass is 10.0. The molecule has 1 aromatic carbocycles. The normalized spacial score (nSPS) is 12.2. The van der Waals surface area contributed by atoms with Crippen molar-refractivity contribution in [3.63, 3.8) is 0 Å². The summed E-state index contributed by atoms with van der Waals surface area (Å²) in [5.41, 5.74) is 7.22. The third-order valence-electron chi connectivity index (χ3n) is 2.17. The number of nitrogens with two attached hydrogens (primary N) is 1. The van der Waals surface area contributed by atoms with Crippen molar-refractivity contribution in [3.8, 4) is 0 Å². The highest BCUT2D eigenvalue weighted by Gasteiger charge is 2.19. The average molecular weight is 272 g/mol. The fourth-order valence-corrected chi connectivity index (χ4v) is 1.90. The van der Waals surface area contributed by atoms with Gasteiger partial charge in [-0.1, -0.05) is 12.1 Å². The number of carbonyl (C=O) groups is 1. The number of rotatable bonds is 3. The van der Waals surface area contributed by atoms with Crippen LogP contribution in [-0.2, 0) is 9.53 Å². The van der Waals surface area contributed by atoms with E-state index in [0.29, 0.717) is 12.3 Å². The molecule has 82 valence electrons. The Morgan fingerprint density at radius 1 is 1.60 bits per heavy atom. The summed E-state index contributed by atoms with van der Waals surface area (Å²) in [5, 5.41) is 0. The molecule has 4 heteroatoms. The van der Waals surface area contributed by atoms with Crippen molar-refractivity contribution < 1.29 is 9.53 Å². The predicted molar refractivity (Wildman–Crippen MR) is 63.6 cm³/mol. The van der Waals surface area contributed by atoms with Gasteiger partial charge in [0.25, 0.3) is 0 Å². The van der Waals surface area contributed by atoms with Gasteiger partial charge in [-0.3, -0.25) is 4.79 Å². The molecule has 15 heavy (non-hydrogen) atoms. The lowest BCUT2D eigenvalue weighted by Crippen LogP contribution is -2.13. The van der Waals surface area contributed by atoms with Gasteiger partial charge in [0.15, 0.2) is 0 Å². The van der Waals surface area contributed by atoms with E-state index in [9.17, 15) is 4.79 Å². The summed E-state index contributed by atoms with van der Waals surface area (Å²) in [4.78, 5) is 11.5. The number of ether oxygens (including phenoxy) is 1. The van der Waals surface area contributed by atoms with Gasteiger partial charge in [-0.2, -0.15) is 0 Å². The molecule has 1 rings (SSSR count). The molecule has 0 saturated carbocycles. The monoisotopic (exact) mass is 271 g/mol. The smallest absolute Gasteiger partial charge is 0.313 e. The molecule has 1 atom stereocenters. The van der Waals surface area contributed by atoms with Crippen LogP contribution in [-0.4, -0.2) is 12.6 Å². The summed E-state index contributed by atoms with van der Waals surface area (Å²) >= 11 is 3.37. The molecular formula is C11H14BrNO2. The van der Waals surface area contributed by atoms with Gasteiger partial charge in [0, 0.05) is 10.2 Å². The molecule has 1 aromatic rings. The van der Waals surface area contributed by atoms with Crippen LogP contribution < -0.4 is 5.73 Å². The summed E-state index contributed by atoms with van der Waals surface area (Å²) in [5.74, 6) is -0.536. The average Bonchev–Trinajstić information content (AvgIpc) is 2.21. The van der Waals surface area contributed by atoms with Gasteiger partial charge in [0.2, 0.25) is 0 Å². The van der Waals surface area contributed by atoms with E-state index in [-0.39, 0.29) is 11.9 Å². The number of benzene rings is 1. The third-order valence-corrected chi connectivity index (χ3v) is 3.08. The van der Waals surface area contributed by atoms with Gasteiger partial charge in [-0.15, -0.1) is 0 Å². The van der Waals surface area contributed by atoms with Crippen LogP contribution in [0.1, 0.15) is 25.3 Å². The van der Waals surface area contributed by atoms with E-state index in [2.05, 4.69) is 15.9 Å². The Kier molecular flexibility index (Phi) is 4.15. The first kappa shape index (κ1) is 12.0. The van der Waals surface area contributed by atoms with Crippen LogP contribution in [0.15, 0.2) is 22.7 Å². The molecular weight excluding hydrogens is 258 g/mol. The largest absolute Gasteiger partial charge is 0.466 e. The fourth-order valence-electron chi connectivity index (χ4n) is 1.30. The van der Waals surface area contributed by atoms with Crippen LogP contribution in [0.25, 0.3) is 0 Å². The minimum Gasteiger partial charge on any atom is -0.466 e. The van der Waals surface area contributed by atoms with Crippen LogP contribution in [0.3, 0.4) is 0 Å². The van der Waals surface area contributed by atoms with Gasteiger partial charge >= 0.3 is 5.97 Å². The van der Waals surface area contributed by atoms with Crippen LogP contribution in [0.5, 0.6) is 0 Å². The quantitative estimate of drug-likeness (QED) is 0.680. The topological polar surface area (TPSA) is 52.3 Å². The maximum absolute atomic E-state index is 11.5. The molecule has 0 aliphatic rings. The summed E-state index contributed by atoms with van der Waals surface area (Å²) in [6, 6.07) is 5.47. The van der Waals surface area contributed by atoms with Crippen molar-refractivity contribution in [3.05, 3.63) is 28.2 Å². The molecule has 0 amide bonds. The van der Waals surface area contributed by atoms with Gasteiger partial charge in [-0.25, -0.2) is 0 Å². The van der Waals surface area contributed by atoms with E-state index in [0.717, 1.165) is 10.0 Å². The number of carbonyl (C=O) groups excluding carboxylic acids is 1. The first-order chi connectivity index (χ1) is 7.07. The Bertz CT molecular complexity index is 366. The standard InChI is InChI=1S/C11H14BrNO2/c1-3-15-11(14)7(2)8-5-4-6-9(13)10(8)12/h4-7H,3,13H2,1-2H3. The lowest BCUT2D eigenvalue weighted by molar-refractivity contribution is -0.144. The highest BCUT2D eigenvalue weighted by atomic mass is 79.9. The van der Waals surface area contributed by atoms with E-state index in [1.165, 1.54) is 0 Å². The van der Waals surface area contributed by atoms with Crippen molar-refractivity contribution in [1.29, 1.82) is 0 Å². The zero-order valence-corrected chi connectivity index (χ0v) is 10.4. The predicted octanol–water partition coefficient (Wildman–Crippen LogP) is 2.70. The lowest BCUT2D eigenvalue weighted by Gasteiger charge is -2.13. The van der Waals surface area contributed by atoms with Crippen molar-refractivity contribution in [1.82, 2.24) is 0 Å². The first-order valence-corrected chi connectivity index (χ1v) is 5.57. The zero-order valence-electron chi connectivity index (χ0n) is 8.79. The van der Waals surface area contributed by atoms with Crippen LogP contribution >= 0.6 is 15.9 Å². The highest BCUT2D eigenvalue weighted by Crippen LogP contribution is 2.30. The Hall–Kier alpha value is -1.03. The maximum Gasteiger partial charge on any atom is 0.313 e. The van der Waals surface area contributed by atoms with E-state index < -0.39 is 0 Å². The molecule has 0 fully saturated rings. The van der Waals surface area contributed by atoms with Gasteiger partial charge in [0.05, 0.1) is 12.5 Å². The van der Waals surface area contributed by atoms with Gasteiger partial charge in [0.1, 0.15) is 0 Å². The second kappa shape index (κ2) is 5.16. The SMILES string of the molecule is CCOC(=O)C(C)c1cccc(N)c1Br. The molecule has 0 bridgehead atoms. The zero-order chi connectivity index (χ0) is 11.4. The minimum absolute atomic E-state index is 0.233. The van der Waals surface area contributed by atoms with Crippen LogP contribution in [0.4, 0.5) is 5.69 Å². The molecule has 1 unspecified atom stereocenters. The molecule has 0 spiro atoms. The molecule has 0 aliphatic heterocycles. The molecule has 0 heterocycles. The molecule has 0 saturated heterocycles. The summed E-state index contributed by atoms with van der Waals surface area (Å²) in [7, 11) is 0. The van der Waals surface area contributed by atoms with Crippen molar-refractivity contribution in [2.24, 2.45) is 0 Å². The summed E-state index contributed by atoms with van der Waals surface area (Å²) < 4.78 is 5.72.